The van der Waals surface area contributed by atoms with Crippen LogP contribution in [0.15, 0.2) is 24.3 Å². The molecular formula is C14H19F2NO4S. The Morgan fingerprint density at radius 2 is 2.23 bits per heavy atom. The molecule has 0 spiro atoms. The fourth-order valence-electron chi connectivity index (χ4n) is 2.18. The van der Waals surface area contributed by atoms with Gasteiger partial charge in [-0.05, 0) is 30.0 Å². The van der Waals surface area contributed by atoms with E-state index in [1.165, 1.54) is 0 Å². The number of rotatable bonds is 8. The van der Waals surface area contributed by atoms with E-state index in [-0.39, 0.29) is 18.2 Å². The highest BCUT2D eigenvalue weighted by Crippen LogP contribution is 2.16. The lowest BCUT2D eigenvalue weighted by atomic mass is 10.2. The molecule has 8 heteroatoms. The number of hydrogen-bond donors (Lipinski definition) is 1. The molecule has 0 aliphatic carbocycles. The third-order valence-corrected chi connectivity index (χ3v) is 4.74. The van der Waals surface area contributed by atoms with Crippen molar-refractivity contribution in [1.29, 1.82) is 0 Å². The summed E-state index contributed by atoms with van der Waals surface area (Å²) in [6, 6.07) is 6.44. The van der Waals surface area contributed by atoms with Gasteiger partial charge in [0.25, 0.3) is 6.43 Å². The summed E-state index contributed by atoms with van der Waals surface area (Å²) in [5.41, 5.74) is 0.651. The van der Waals surface area contributed by atoms with E-state index in [0.717, 1.165) is 6.42 Å². The van der Waals surface area contributed by atoms with Crippen molar-refractivity contribution in [2.24, 2.45) is 5.92 Å². The van der Waals surface area contributed by atoms with E-state index in [1.807, 2.05) is 0 Å². The molecule has 1 fully saturated rings. The zero-order chi connectivity index (χ0) is 16.0. The van der Waals surface area contributed by atoms with Gasteiger partial charge in [0.15, 0.2) is 0 Å². The van der Waals surface area contributed by atoms with Crippen LogP contribution in [0.3, 0.4) is 0 Å². The highest BCUT2D eigenvalue weighted by atomic mass is 32.2. The van der Waals surface area contributed by atoms with Crippen LogP contribution in [0.25, 0.3) is 0 Å². The van der Waals surface area contributed by atoms with Gasteiger partial charge in [-0.3, -0.25) is 0 Å². The lowest BCUT2D eigenvalue weighted by Crippen LogP contribution is -2.29. The molecule has 1 aliphatic heterocycles. The number of nitrogens with one attached hydrogen (secondary N) is 1. The topological polar surface area (TPSA) is 64.6 Å². The lowest BCUT2D eigenvalue weighted by Gasteiger charge is -2.11. The van der Waals surface area contributed by atoms with Gasteiger partial charge in [0.05, 0.1) is 12.4 Å². The molecule has 22 heavy (non-hydrogen) atoms. The highest BCUT2D eigenvalue weighted by Gasteiger charge is 2.22. The number of hydrogen-bond acceptors (Lipinski definition) is 4. The molecule has 1 atom stereocenters. The maximum absolute atomic E-state index is 12.1. The van der Waals surface area contributed by atoms with Crippen LogP contribution in [0.5, 0.6) is 5.75 Å². The van der Waals surface area contributed by atoms with Crippen LogP contribution < -0.4 is 9.46 Å². The van der Waals surface area contributed by atoms with Crippen molar-refractivity contribution in [2.75, 3.05) is 25.6 Å². The molecule has 0 amide bonds. The normalized spacial score (nSPS) is 18.8. The second-order valence-corrected chi connectivity index (χ2v) is 7.03. The van der Waals surface area contributed by atoms with E-state index in [1.54, 1.807) is 24.3 Å². The first-order valence-corrected chi connectivity index (χ1v) is 8.65. The molecule has 124 valence electrons. The first-order valence-electron chi connectivity index (χ1n) is 6.99. The van der Waals surface area contributed by atoms with Gasteiger partial charge in [-0.1, -0.05) is 12.1 Å². The molecule has 0 aromatic heterocycles. The summed E-state index contributed by atoms with van der Waals surface area (Å²) in [4.78, 5) is 0. The van der Waals surface area contributed by atoms with Gasteiger partial charge in [-0.25, -0.2) is 21.9 Å². The fourth-order valence-corrected chi connectivity index (χ4v) is 3.57. The predicted molar refractivity (Wildman–Crippen MR) is 77.5 cm³/mol. The average Bonchev–Trinajstić information content (AvgIpc) is 2.96. The van der Waals surface area contributed by atoms with Crippen molar-refractivity contribution in [3.05, 3.63) is 29.8 Å². The summed E-state index contributed by atoms with van der Waals surface area (Å²) < 4.78 is 60.7. The maximum atomic E-state index is 12.1. The van der Waals surface area contributed by atoms with Crippen molar-refractivity contribution >= 4 is 10.0 Å². The Kier molecular flexibility index (Phi) is 6.10. The van der Waals surface area contributed by atoms with E-state index < -0.39 is 23.1 Å². The van der Waals surface area contributed by atoms with Gasteiger partial charge in [0.2, 0.25) is 10.0 Å². The second kappa shape index (κ2) is 7.85. The van der Waals surface area contributed by atoms with Gasteiger partial charge in [0, 0.05) is 13.2 Å². The number of benzene rings is 1. The molecule has 0 bridgehead atoms. The van der Waals surface area contributed by atoms with Crippen molar-refractivity contribution in [2.45, 2.75) is 19.4 Å². The molecule has 1 aromatic carbocycles. The summed E-state index contributed by atoms with van der Waals surface area (Å²) in [7, 11) is -3.39. The molecule has 1 aromatic rings. The lowest BCUT2D eigenvalue weighted by molar-refractivity contribution is 0.0818. The first kappa shape index (κ1) is 17.1. The Morgan fingerprint density at radius 1 is 1.41 bits per heavy atom. The summed E-state index contributed by atoms with van der Waals surface area (Å²) in [6.07, 6.45) is -1.80. The van der Waals surface area contributed by atoms with Crippen molar-refractivity contribution in [3.63, 3.8) is 0 Å². The van der Waals surface area contributed by atoms with Gasteiger partial charge in [0.1, 0.15) is 12.4 Å². The molecule has 0 saturated carbocycles. The molecule has 1 aliphatic rings. The minimum atomic E-state index is -3.39. The number of ether oxygens (including phenoxy) is 2. The third-order valence-electron chi connectivity index (χ3n) is 3.25. The van der Waals surface area contributed by atoms with Gasteiger partial charge in [-0.15, -0.1) is 0 Å². The van der Waals surface area contributed by atoms with Crippen LogP contribution in [0, 0.1) is 5.92 Å². The molecule has 5 nitrogen and oxygen atoms in total. The third kappa shape index (κ3) is 5.86. The van der Waals surface area contributed by atoms with Crippen LogP contribution in [0.2, 0.25) is 0 Å². The zero-order valence-corrected chi connectivity index (χ0v) is 12.8. The Balaban J connectivity index is 1.86. The van der Waals surface area contributed by atoms with Gasteiger partial charge >= 0.3 is 0 Å². The molecule has 0 unspecified atom stereocenters. The first-order chi connectivity index (χ1) is 10.4. The van der Waals surface area contributed by atoms with Crippen molar-refractivity contribution < 1.29 is 26.7 Å². The summed E-state index contributed by atoms with van der Waals surface area (Å²) in [5, 5.41) is 0. The zero-order valence-electron chi connectivity index (χ0n) is 12.0. The molecule has 0 radical (unpaired) electrons. The van der Waals surface area contributed by atoms with Crippen LogP contribution >= 0.6 is 0 Å². The summed E-state index contributed by atoms with van der Waals surface area (Å²) in [6.45, 7) is 0.486. The van der Waals surface area contributed by atoms with Crippen LogP contribution in [0.1, 0.15) is 12.0 Å². The standard InChI is InChI=1S/C14H19F2NO4S/c15-14(16)9-21-13-3-1-2-11(6-13)7-17-22(18,19)10-12-4-5-20-8-12/h1-3,6,12,14,17H,4-5,7-10H2/t12-/m1/s1. The molecular weight excluding hydrogens is 316 g/mol. The Hall–Kier alpha value is -1.25. The van der Waals surface area contributed by atoms with E-state index in [0.29, 0.717) is 24.5 Å². The van der Waals surface area contributed by atoms with Crippen LogP contribution in [-0.4, -0.2) is 40.4 Å². The molecule has 1 heterocycles. The second-order valence-electron chi connectivity index (χ2n) is 5.18. The highest BCUT2D eigenvalue weighted by molar-refractivity contribution is 7.89. The summed E-state index contributed by atoms with van der Waals surface area (Å²) in [5.74, 6) is 0.355. The average molecular weight is 335 g/mol. The predicted octanol–water partition coefficient (Wildman–Crippen LogP) is 1.79. The molecule has 1 N–H and O–H groups in total. The monoisotopic (exact) mass is 335 g/mol. The van der Waals surface area contributed by atoms with Crippen molar-refractivity contribution in [3.8, 4) is 5.75 Å². The SMILES string of the molecule is O=S(=O)(C[C@@H]1CCOC1)NCc1cccc(OCC(F)F)c1. The van der Waals surface area contributed by atoms with E-state index in [9.17, 15) is 17.2 Å². The van der Waals surface area contributed by atoms with Gasteiger partial charge < -0.3 is 9.47 Å². The van der Waals surface area contributed by atoms with E-state index in [4.69, 9.17) is 9.47 Å². The van der Waals surface area contributed by atoms with E-state index >= 15 is 0 Å². The van der Waals surface area contributed by atoms with Crippen LogP contribution in [0.4, 0.5) is 8.78 Å². The maximum Gasteiger partial charge on any atom is 0.272 e. The molecule has 1 saturated heterocycles. The number of alkyl halides is 2. The van der Waals surface area contributed by atoms with Crippen LogP contribution in [-0.2, 0) is 21.3 Å². The Morgan fingerprint density at radius 3 is 2.91 bits per heavy atom. The van der Waals surface area contributed by atoms with E-state index in [2.05, 4.69) is 4.72 Å². The fraction of sp³-hybridized carbons (Fsp3) is 0.571. The Bertz CT molecular complexity index is 574. The largest absolute Gasteiger partial charge is 0.488 e. The minimum Gasteiger partial charge on any atom is -0.488 e. The minimum absolute atomic E-state index is 0.0261. The number of halogens is 2. The smallest absolute Gasteiger partial charge is 0.272 e. The summed E-state index contributed by atoms with van der Waals surface area (Å²) >= 11 is 0. The van der Waals surface area contributed by atoms with Crippen molar-refractivity contribution in [1.82, 2.24) is 4.72 Å². The molecule has 2 rings (SSSR count). The Labute approximate surface area is 128 Å². The number of sulfonamides is 1. The quantitative estimate of drug-likeness (QED) is 0.787. The van der Waals surface area contributed by atoms with Gasteiger partial charge in [-0.2, -0.15) is 0 Å².